The molecular formula is C11H12N4O2S. The number of carbonyl (C=O) groups excluding carboxylic acids is 1. The van der Waals surface area contributed by atoms with E-state index in [0.717, 1.165) is 5.01 Å². The van der Waals surface area contributed by atoms with Crippen molar-refractivity contribution in [3.8, 4) is 5.88 Å². The molecule has 0 saturated heterocycles. The number of anilines is 1. The Morgan fingerprint density at radius 2 is 2.39 bits per heavy atom. The van der Waals surface area contributed by atoms with E-state index in [2.05, 4.69) is 19.7 Å². The maximum Gasteiger partial charge on any atom is 0.263 e. The fourth-order valence-corrected chi connectivity index (χ4v) is 1.77. The number of pyridine rings is 1. The molecule has 0 aliphatic rings. The van der Waals surface area contributed by atoms with Gasteiger partial charge in [0.1, 0.15) is 10.6 Å². The first-order valence-electron chi connectivity index (χ1n) is 5.40. The highest BCUT2D eigenvalue weighted by Gasteiger charge is 2.15. The Morgan fingerprint density at radius 3 is 3.06 bits per heavy atom. The molecule has 2 aromatic heterocycles. The summed E-state index contributed by atoms with van der Waals surface area (Å²) in [5.41, 5.74) is 0.367. The molecule has 2 rings (SSSR count). The second-order valence-electron chi connectivity index (χ2n) is 3.38. The molecule has 0 radical (unpaired) electrons. The smallest absolute Gasteiger partial charge is 0.263 e. The predicted molar refractivity (Wildman–Crippen MR) is 68.0 cm³/mol. The summed E-state index contributed by atoms with van der Waals surface area (Å²) in [6.45, 7) is 4.11. The number of rotatable bonds is 4. The molecule has 1 N–H and O–H groups in total. The summed E-state index contributed by atoms with van der Waals surface area (Å²) in [7, 11) is 0. The molecule has 2 heterocycles. The Labute approximate surface area is 108 Å². The SMILES string of the molecule is CCOc1ncccc1C(=O)Nc1nsc(C)n1. The van der Waals surface area contributed by atoms with E-state index in [1.165, 1.54) is 11.5 Å². The van der Waals surface area contributed by atoms with E-state index < -0.39 is 0 Å². The second kappa shape index (κ2) is 5.54. The van der Waals surface area contributed by atoms with Crippen LogP contribution in [-0.2, 0) is 0 Å². The maximum absolute atomic E-state index is 12.0. The van der Waals surface area contributed by atoms with Gasteiger partial charge < -0.3 is 4.74 Å². The number of aromatic nitrogens is 3. The average Bonchev–Trinajstić information content (AvgIpc) is 2.76. The van der Waals surface area contributed by atoms with Crippen LogP contribution in [0.1, 0.15) is 22.3 Å². The topological polar surface area (TPSA) is 77.0 Å². The third kappa shape index (κ3) is 2.80. The average molecular weight is 264 g/mol. The summed E-state index contributed by atoms with van der Waals surface area (Å²) in [5, 5.41) is 3.40. The summed E-state index contributed by atoms with van der Waals surface area (Å²) in [5.74, 6) is 0.280. The zero-order valence-electron chi connectivity index (χ0n) is 10.0. The van der Waals surface area contributed by atoms with Gasteiger partial charge in [-0.3, -0.25) is 10.1 Å². The van der Waals surface area contributed by atoms with Gasteiger partial charge in [-0.15, -0.1) is 0 Å². The van der Waals surface area contributed by atoms with Crippen molar-refractivity contribution in [2.24, 2.45) is 0 Å². The third-order valence-corrected chi connectivity index (χ3v) is 2.67. The fourth-order valence-electron chi connectivity index (χ4n) is 1.33. The summed E-state index contributed by atoms with van der Waals surface area (Å²) in [6.07, 6.45) is 1.58. The lowest BCUT2D eigenvalue weighted by molar-refractivity contribution is 0.102. The summed E-state index contributed by atoms with van der Waals surface area (Å²) in [6, 6.07) is 3.32. The molecule has 0 spiro atoms. The van der Waals surface area contributed by atoms with Crippen molar-refractivity contribution in [1.29, 1.82) is 0 Å². The summed E-state index contributed by atoms with van der Waals surface area (Å²) in [4.78, 5) is 20.1. The molecule has 2 aromatic rings. The number of ether oxygens (including phenoxy) is 1. The molecule has 94 valence electrons. The predicted octanol–water partition coefficient (Wildman–Crippen LogP) is 1.89. The summed E-state index contributed by atoms with van der Waals surface area (Å²) >= 11 is 1.23. The highest BCUT2D eigenvalue weighted by molar-refractivity contribution is 7.05. The van der Waals surface area contributed by atoms with E-state index in [-0.39, 0.29) is 5.91 Å². The normalized spacial score (nSPS) is 10.1. The molecule has 0 saturated carbocycles. The lowest BCUT2D eigenvalue weighted by Crippen LogP contribution is -2.15. The van der Waals surface area contributed by atoms with Crippen molar-refractivity contribution in [2.45, 2.75) is 13.8 Å². The van der Waals surface area contributed by atoms with Crippen LogP contribution in [0.4, 0.5) is 5.95 Å². The Morgan fingerprint density at radius 1 is 1.56 bits per heavy atom. The van der Waals surface area contributed by atoms with Crippen molar-refractivity contribution < 1.29 is 9.53 Å². The zero-order chi connectivity index (χ0) is 13.0. The van der Waals surface area contributed by atoms with Crippen LogP contribution in [0.3, 0.4) is 0 Å². The van der Waals surface area contributed by atoms with Crippen LogP contribution in [0.2, 0.25) is 0 Å². The maximum atomic E-state index is 12.0. The van der Waals surface area contributed by atoms with Crippen LogP contribution >= 0.6 is 11.5 Å². The van der Waals surface area contributed by atoms with Crippen molar-refractivity contribution >= 4 is 23.4 Å². The quantitative estimate of drug-likeness (QED) is 0.912. The Bertz CT molecular complexity index is 555. The largest absolute Gasteiger partial charge is 0.477 e. The lowest BCUT2D eigenvalue weighted by Gasteiger charge is -2.07. The van der Waals surface area contributed by atoms with Gasteiger partial charge in [0.15, 0.2) is 0 Å². The van der Waals surface area contributed by atoms with Crippen LogP contribution in [-0.4, -0.2) is 26.9 Å². The number of nitrogens with zero attached hydrogens (tertiary/aromatic N) is 3. The van der Waals surface area contributed by atoms with Crippen molar-refractivity contribution in [3.05, 3.63) is 28.9 Å². The molecule has 0 aromatic carbocycles. The minimum absolute atomic E-state index is 0.300. The van der Waals surface area contributed by atoms with Gasteiger partial charge in [-0.2, -0.15) is 4.37 Å². The van der Waals surface area contributed by atoms with Crippen LogP contribution in [0, 0.1) is 6.92 Å². The molecule has 1 amide bonds. The van der Waals surface area contributed by atoms with Gasteiger partial charge in [0.25, 0.3) is 5.91 Å². The van der Waals surface area contributed by atoms with Gasteiger partial charge in [0, 0.05) is 6.20 Å². The Hall–Kier alpha value is -2.02. The van der Waals surface area contributed by atoms with E-state index in [1.807, 2.05) is 13.8 Å². The first-order chi connectivity index (χ1) is 8.70. The van der Waals surface area contributed by atoms with Crippen molar-refractivity contribution in [2.75, 3.05) is 11.9 Å². The third-order valence-electron chi connectivity index (χ3n) is 2.05. The molecule has 0 fully saturated rings. The molecular weight excluding hydrogens is 252 g/mol. The molecule has 0 aliphatic carbocycles. The fraction of sp³-hybridized carbons (Fsp3) is 0.273. The van der Waals surface area contributed by atoms with E-state index in [9.17, 15) is 4.79 Å². The number of carbonyl (C=O) groups is 1. The molecule has 18 heavy (non-hydrogen) atoms. The lowest BCUT2D eigenvalue weighted by atomic mass is 10.2. The van der Waals surface area contributed by atoms with E-state index >= 15 is 0 Å². The van der Waals surface area contributed by atoms with E-state index in [0.29, 0.717) is 24.0 Å². The minimum atomic E-state index is -0.329. The monoisotopic (exact) mass is 264 g/mol. The van der Waals surface area contributed by atoms with Crippen LogP contribution in [0.5, 0.6) is 5.88 Å². The first kappa shape index (κ1) is 12.4. The molecule has 7 heteroatoms. The number of aryl methyl sites for hydroxylation is 1. The van der Waals surface area contributed by atoms with Gasteiger partial charge in [0.2, 0.25) is 11.8 Å². The second-order valence-corrected chi connectivity index (χ2v) is 4.34. The number of hydrogen-bond acceptors (Lipinski definition) is 6. The van der Waals surface area contributed by atoms with Crippen LogP contribution in [0.15, 0.2) is 18.3 Å². The van der Waals surface area contributed by atoms with E-state index in [1.54, 1.807) is 18.3 Å². The Balaban J connectivity index is 2.18. The molecule has 0 atom stereocenters. The molecule has 0 unspecified atom stereocenters. The van der Waals surface area contributed by atoms with Gasteiger partial charge in [-0.25, -0.2) is 9.97 Å². The Kier molecular flexibility index (Phi) is 3.83. The number of hydrogen-bond donors (Lipinski definition) is 1. The van der Waals surface area contributed by atoms with Gasteiger partial charge in [-0.05, 0) is 37.5 Å². The molecule has 0 bridgehead atoms. The summed E-state index contributed by atoms with van der Waals surface area (Å²) < 4.78 is 9.29. The molecule has 6 nitrogen and oxygen atoms in total. The van der Waals surface area contributed by atoms with E-state index in [4.69, 9.17) is 4.74 Å². The van der Waals surface area contributed by atoms with Gasteiger partial charge in [-0.1, -0.05) is 0 Å². The van der Waals surface area contributed by atoms with Crippen molar-refractivity contribution in [3.63, 3.8) is 0 Å². The molecule has 0 aliphatic heterocycles. The number of nitrogens with one attached hydrogen (secondary N) is 1. The van der Waals surface area contributed by atoms with Gasteiger partial charge in [0.05, 0.1) is 6.61 Å². The van der Waals surface area contributed by atoms with Gasteiger partial charge >= 0.3 is 0 Å². The first-order valence-corrected chi connectivity index (χ1v) is 6.17. The highest BCUT2D eigenvalue weighted by atomic mass is 32.1. The van der Waals surface area contributed by atoms with Crippen molar-refractivity contribution in [1.82, 2.24) is 14.3 Å². The minimum Gasteiger partial charge on any atom is -0.477 e. The standard InChI is InChI=1S/C11H12N4O2S/c1-3-17-10-8(5-4-6-12-10)9(16)14-11-13-7(2)18-15-11/h4-6H,3H2,1-2H3,(H,14,15,16). The van der Waals surface area contributed by atoms with Crippen LogP contribution < -0.4 is 10.1 Å². The number of amides is 1. The highest BCUT2D eigenvalue weighted by Crippen LogP contribution is 2.16. The zero-order valence-corrected chi connectivity index (χ0v) is 10.8. The van der Waals surface area contributed by atoms with Crippen LogP contribution in [0.25, 0.3) is 0 Å².